The van der Waals surface area contributed by atoms with Crippen molar-refractivity contribution in [2.75, 3.05) is 23.8 Å². The molecule has 2 aromatic carbocycles. The molecule has 0 atom stereocenters. The molecule has 3 aromatic rings. The number of aromatic nitrogens is 1. The number of carbonyl (C=O) groups excluding carboxylic acids is 1. The van der Waals surface area contributed by atoms with E-state index in [9.17, 15) is 13.2 Å². The number of carbonyl (C=O) groups is 1. The molecule has 1 aromatic heterocycles. The molecule has 0 saturated carbocycles. The van der Waals surface area contributed by atoms with E-state index in [4.69, 9.17) is 16.3 Å². The minimum atomic E-state index is -3.95. The summed E-state index contributed by atoms with van der Waals surface area (Å²) in [5.74, 6) is 0.213. The van der Waals surface area contributed by atoms with Crippen LogP contribution >= 0.6 is 22.9 Å². The smallest absolute Gasteiger partial charge is 0.267 e. The average Bonchev–Trinajstić information content (AvgIpc) is 3.25. The molecule has 0 saturated heterocycles. The van der Waals surface area contributed by atoms with Crippen LogP contribution in [0.2, 0.25) is 5.02 Å². The molecule has 0 bridgehead atoms. The van der Waals surface area contributed by atoms with Gasteiger partial charge in [-0.1, -0.05) is 17.7 Å². The van der Waals surface area contributed by atoms with Crippen LogP contribution in [0.25, 0.3) is 11.3 Å². The molecule has 0 fully saturated rings. The zero-order valence-corrected chi connectivity index (χ0v) is 19.7. The third kappa shape index (κ3) is 3.66. The lowest BCUT2D eigenvalue weighted by molar-refractivity contribution is -0.121. The highest BCUT2D eigenvalue weighted by Gasteiger charge is 2.42. The average molecular weight is 478 g/mol. The Kier molecular flexibility index (Phi) is 5.23. The van der Waals surface area contributed by atoms with Gasteiger partial charge in [-0.25, -0.2) is 13.4 Å². The standard InChI is InChI=1S/C21H20ClN3O4S2/c1-21(2)14-9-12(5-7-16(14)25(3)19(21)26)15-11-30-20(23-15)24-31(27,28)18-10-13(22)6-8-17(18)29-4/h5-11H,1-4H3,(H,23,24). The van der Waals surface area contributed by atoms with Crippen molar-refractivity contribution >= 4 is 49.7 Å². The molecule has 1 aliphatic rings. The van der Waals surface area contributed by atoms with E-state index in [0.717, 1.165) is 16.8 Å². The Hall–Kier alpha value is -2.62. The zero-order chi connectivity index (χ0) is 22.6. The quantitative estimate of drug-likeness (QED) is 0.583. The van der Waals surface area contributed by atoms with E-state index in [2.05, 4.69) is 9.71 Å². The number of ether oxygens (including phenoxy) is 1. The maximum absolute atomic E-state index is 12.9. The number of sulfonamides is 1. The minimum absolute atomic E-state index is 0.0295. The number of fused-ring (bicyclic) bond motifs is 1. The number of likely N-dealkylation sites (N-methyl/N-ethyl adjacent to an activating group) is 1. The van der Waals surface area contributed by atoms with Gasteiger partial charge in [0, 0.05) is 28.7 Å². The fraction of sp³-hybridized carbons (Fsp3) is 0.238. The van der Waals surface area contributed by atoms with Gasteiger partial charge in [0.05, 0.1) is 18.2 Å². The first-order valence-corrected chi connectivity index (χ1v) is 12.0. The number of methoxy groups -OCH3 is 1. The summed E-state index contributed by atoms with van der Waals surface area (Å²) in [5, 5.41) is 2.26. The Labute approximate surface area is 189 Å². The number of nitrogens with one attached hydrogen (secondary N) is 1. The second-order valence-corrected chi connectivity index (χ2v) is 10.6. The molecule has 7 nitrogen and oxygen atoms in total. The molecule has 0 radical (unpaired) electrons. The highest BCUT2D eigenvalue weighted by Crippen LogP contribution is 2.42. The number of nitrogens with zero attached hydrogens (tertiary/aromatic N) is 2. The van der Waals surface area contributed by atoms with E-state index >= 15 is 0 Å². The largest absolute Gasteiger partial charge is 0.495 e. The molecule has 0 unspecified atom stereocenters. The van der Waals surface area contributed by atoms with Gasteiger partial charge in [-0.15, -0.1) is 11.3 Å². The predicted molar refractivity (Wildman–Crippen MR) is 123 cm³/mol. The van der Waals surface area contributed by atoms with E-state index in [1.165, 1.54) is 30.6 Å². The van der Waals surface area contributed by atoms with Crippen LogP contribution in [0.3, 0.4) is 0 Å². The van der Waals surface area contributed by atoms with Crippen LogP contribution in [-0.4, -0.2) is 33.5 Å². The second kappa shape index (κ2) is 7.51. The van der Waals surface area contributed by atoms with Crippen molar-refractivity contribution in [3.8, 4) is 17.0 Å². The van der Waals surface area contributed by atoms with E-state index < -0.39 is 15.4 Å². The molecular formula is C21H20ClN3O4S2. The van der Waals surface area contributed by atoms with Gasteiger partial charge in [0.15, 0.2) is 5.13 Å². The Morgan fingerprint density at radius 2 is 1.94 bits per heavy atom. The van der Waals surface area contributed by atoms with Crippen molar-refractivity contribution in [1.82, 2.24) is 4.98 Å². The Morgan fingerprint density at radius 3 is 2.65 bits per heavy atom. The lowest BCUT2D eigenvalue weighted by atomic mass is 9.85. The molecule has 0 spiro atoms. The van der Waals surface area contributed by atoms with Gasteiger partial charge in [-0.2, -0.15) is 0 Å². The van der Waals surface area contributed by atoms with Crippen molar-refractivity contribution in [2.24, 2.45) is 0 Å². The molecule has 4 rings (SSSR count). The summed E-state index contributed by atoms with van der Waals surface area (Å²) >= 11 is 7.13. The van der Waals surface area contributed by atoms with Gasteiger partial charge >= 0.3 is 0 Å². The third-order valence-corrected chi connectivity index (χ3v) is 7.79. The number of amides is 1. The number of rotatable bonds is 5. The molecule has 1 aliphatic heterocycles. The SMILES string of the molecule is COc1ccc(Cl)cc1S(=O)(=O)Nc1nc(-c2ccc3c(c2)C(C)(C)C(=O)N3C)cs1. The van der Waals surface area contributed by atoms with Crippen molar-refractivity contribution in [2.45, 2.75) is 24.2 Å². The summed E-state index contributed by atoms with van der Waals surface area (Å²) in [6.45, 7) is 3.78. The first kappa shape index (κ1) is 21.6. The fourth-order valence-electron chi connectivity index (χ4n) is 3.62. The molecule has 1 amide bonds. The van der Waals surface area contributed by atoms with Crippen LogP contribution in [-0.2, 0) is 20.2 Å². The Bertz CT molecular complexity index is 1300. The lowest BCUT2D eigenvalue weighted by Crippen LogP contribution is -2.33. The topological polar surface area (TPSA) is 88.6 Å². The summed E-state index contributed by atoms with van der Waals surface area (Å²) in [7, 11) is -0.803. The number of hydrogen-bond donors (Lipinski definition) is 1. The fourth-order valence-corrected chi connectivity index (χ4v) is 6.02. The molecule has 10 heteroatoms. The maximum atomic E-state index is 12.9. The number of benzene rings is 2. The van der Waals surface area contributed by atoms with Crippen LogP contribution < -0.4 is 14.4 Å². The van der Waals surface area contributed by atoms with E-state index in [-0.39, 0.29) is 26.7 Å². The van der Waals surface area contributed by atoms with Crippen LogP contribution in [0.15, 0.2) is 46.7 Å². The van der Waals surface area contributed by atoms with E-state index in [1.54, 1.807) is 23.4 Å². The summed E-state index contributed by atoms with van der Waals surface area (Å²) < 4.78 is 33.4. The Balaban J connectivity index is 1.65. The number of halogens is 1. The maximum Gasteiger partial charge on any atom is 0.267 e. The molecule has 162 valence electrons. The molecule has 0 aliphatic carbocycles. The van der Waals surface area contributed by atoms with Crippen LogP contribution in [0.1, 0.15) is 19.4 Å². The van der Waals surface area contributed by atoms with Gasteiger partial charge in [0.2, 0.25) is 5.91 Å². The first-order chi connectivity index (χ1) is 14.5. The minimum Gasteiger partial charge on any atom is -0.495 e. The molecule has 2 heterocycles. The van der Waals surface area contributed by atoms with Gasteiger partial charge in [0.1, 0.15) is 10.6 Å². The normalized spacial score (nSPS) is 15.1. The van der Waals surface area contributed by atoms with Crippen LogP contribution in [0, 0.1) is 0 Å². The summed E-state index contributed by atoms with van der Waals surface area (Å²) in [4.78, 5) is 18.5. The highest BCUT2D eigenvalue weighted by molar-refractivity contribution is 7.93. The summed E-state index contributed by atoms with van der Waals surface area (Å²) in [5.41, 5.74) is 2.56. The molecule has 31 heavy (non-hydrogen) atoms. The van der Waals surface area contributed by atoms with Crippen molar-refractivity contribution in [3.63, 3.8) is 0 Å². The lowest BCUT2D eigenvalue weighted by Gasteiger charge is -2.16. The van der Waals surface area contributed by atoms with Crippen molar-refractivity contribution in [1.29, 1.82) is 0 Å². The van der Waals surface area contributed by atoms with E-state index in [1.807, 2.05) is 32.0 Å². The van der Waals surface area contributed by atoms with Crippen molar-refractivity contribution in [3.05, 3.63) is 52.4 Å². The third-order valence-electron chi connectivity index (χ3n) is 5.31. The van der Waals surface area contributed by atoms with Gasteiger partial charge in [0.25, 0.3) is 10.0 Å². The zero-order valence-electron chi connectivity index (χ0n) is 17.3. The van der Waals surface area contributed by atoms with E-state index in [0.29, 0.717) is 5.69 Å². The first-order valence-electron chi connectivity index (χ1n) is 9.29. The number of thiazole rings is 1. The predicted octanol–water partition coefficient (Wildman–Crippen LogP) is 4.53. The monoisotopic (exact) mass is 477 g/mol. The van der Waals surface area contributed by atoms with Gasteiger partial charge < -0.3 is 9.64 Å². The molecular weight excluding hydrogens is 458 g/mol. The highest BCUT2D eigenvalue weighted by atomic mass is 35.5. The summed E-state index contributed by atoms with van der Waals surface area (Å²) in [6.07, 6.45) is 0. The van der Waals surface area contributed by atoms with Crippen LogP contribution in [0.5, 0.6) is 5.75 Å². The second-order valence-electron chi connectivity index (χ2n) is 7.66. The van der Waals surface area contributed by atoms with Crippen LogP contribution in [0.4, 0.5) is 10.8 Å². The molecule has 1 N–H and O–H groups in total. The van der Waals surface area contributed by atoms with Crippen molar-refractivity contribution < 1.29 is 17.9 Å². The summed E-state index contributed by atoms with van der Waals surface area (Å²) in [6, 6.07) is 10.1. The van der Waals surface area contributed by atoms with Gasteiger partial charge in [-0.3, -0.25) is 9.52 Å². The Morgan fingerprint density at radius 1 is 1.19 bits per heavy atom. The van der Waals surface area contributed by atoms with Gasteiger partial charge in [-0.05, 0) is 49.7 Å². The number of hydrogen-bond acceptors (Lipinski definition) is 6. The number of anilines is 2.